The van der Waals surface area contributed by atoms with E-state index in [9.17, 15) is 0 Å². The monoisotopic (exact) mass is 239 g/mol. The Morgan fingerprint density at radius 3 is 2.82 bits per heavy atom. The van der Waals surface area contributed by atoms with Crippen LogP contribution in [0.2, 0.25) is 0 Å². The number of rotatable bonds is 5. The van der Waals surface area contributed by atoms with Crippen molar-refractivity contribution in [1.29, 1.82) is 0 Å². The fourth-order valence-corrected chi connectivity index (χ4v) is 1.56. The molecule has 0 amide bonds. The molecular weight excluding hydrogens is 218 g/mol. The second-order valence-corrected chi connectivity index (χ2v) is 4.11. The van der Waals surface area contributed by atoms with Crippen molar-refractivity contribution in [2.75, 3.05) is 13.7 Å². The molecule has 1 aromatic heterocycles. The molecule has 1 atom stereocenters. The van der Waals surface area contributed by atoms with Gasteiger partial charge in [0.1, 0.15) is 0 Å². The van der Waals surface area contributed by atoms with E-state index in [1.807, 2.05) is 20.8 Å². The van der Waals surface area contributed by atoms with Crippen LogP contribution in [0, 0.1) is 13.8 Å². The molecule has 1 unspecified atom stereocenters. The van der Waals surface area contributed by atoms with Crippen molar-refractivity contribution in [1.82, 2.24) is 15.5 Å². The Morgan fingerprint density at radius 2 is 2.29 bits per heavy atom. The SMILES string of the molecule is COCC(C)NC(N)=NCc1c(C)n[nH]c1C. The zero-order valence-corrected chi connectivity index (χ0v) is 10.9. The Kier molecular flexibility index (Phi) is 4.96. The standard InChI is InChI=1S/C11H21N5O/c1-7(6-17-4)14-11(12)13-5-10-8(2)15-16-9(10)3/h7H,5-6H2,1-4H3,(H,15,16)(H3,12,13,14). The number of aromatic amines is 1. The van der Waals surface area contributed by atoms with Crippen molar-refractivity contribution in [2.24, 2.45) is 10.7 Å². The molecule has 0 saturated carbocycles. The third-order valence-electron chi connectivity index (χ3n) is 2.50. The largest absolute Gasteiger partial charge is 0.383 e. The van der Waals surface area contributed by atoms with Gasteiger partial charge in [-0.2, -0.15) is 5.10 Å². The van der Waals surface area contributed by atoms with Gasteiger partial charge in [0.15, 0.2) is 5.96 Å². The van der Waals surface area contributed by atoms with Crippen molar-refractivity contribution in [3.8, 4) is 0 Å². The summed E-state index contributed by atoms with van der Waals surface area (Å²) < 4.78 is 5.01. The number of hydrogen-bond donors (Lipinski definition) is 3. The highest BCUT2D eigenvalue weighted by atomic mass is 16.5. The maximum Gasteiger partial charge on any atom is 0.189 e. The van der Waals surface area contributed by atoms with Gasteiger partial charge in [0.05, 0.1) is 18.8 Å². The number of H-pyrrole nitrogens is 1. The van der Waals surface area contributed by atoms with Crippen LogP contribution in [-0.2, 0) is 11.3 Å². The summed E-state index contributed by atoms with van der Waals surface area (Å²) >= 11 is 0. The number of hydrogen-bond acceptors (Lipinski definition) is 3. The number of ether oxygens (including phenoxy) is 1. The van der Waals surface area contributed by atoms with E-state index >= 15 is 0 Å². The van der Waals surface area contributed by atoms with Crippen molar-refractivity contribution in [3.05, 3.63) is 17.0 Å². The fraction of sp³-hybridized carbons (Fsp3) is 0.636. The molecule has 96 valence electrons. The molecule has 4 N–H and O–H groups in total. The predicted molar refractivity (Wildman–Crippen MR) is 67.9 cm³/mol. The van der Waals surface area contributed by atoms with Gasteiger partial charge in [-0.05, 0) is 20.8 Å². The summed E-state index contributed by atoms with van der Waals surface area (Å²) in [6.45, 7) is 7.04. The number of aryl methyl sites for hydroxylation is 2. The van der Waals surface area contributed by atoms with E-state index in [2.05, 4.69) is 20.5 Å². The zero-order valence-electron chi connectivity index (χ0n) is 10.9. The molecule has 0 saturated heterocycles. The summed E-state index contributed by atoms with van der Waals surface area (Å²) in [7, 11) is 1.66. The summed E-state index contributed by atoms with van der Waals surface area (Å²) in [6, 6.07) is 0.148. The van der Waals surface area contributed by atoms with Crippen LogP contribution in [0.25, 0.3) is 0 Å². The van der Waals surface area contributed by atoms with E-state index < -0.39 is 0 Å². The molecule has 1 heterocycles. The van der Waals surface area contributed by atoms with Gasteiger partial charge in [-0.1, -0.05) is 0 Å². The number of aliphatic imine (C=N–C) groups is 1. The van der Waals surface area contributed by atoms with Crippen molar-refractivity contribution in [3.63, 3.8) is 0 Å². The second kappa shape index (κ2) is 6.24. The van der Waals surface area contributed by atoms with E-state index in [1.165, 1.54) is 0 Å². The Morgan fingerprint density at radius 1 is 1.59 bits per heavy atom. The Balaban J connectivity index is 2.53. The fourth-order valence-electron chi connectivity index (χ4n) is 1.56. The highest BCUT2D eigenvalue weighted by Gasteiger charge is 2.06. The number of guanidine groups is 1. The van der Waals surface area contributed by atoms with Gasteiger partial charge < -0.3 is 15.8 Å². The first kappa shape index (κ1) is 13.5. The number of nitrogens with two attached hydrogens (primary N) is 1. The molecule has 1 rings (SSSR count). The third kappa shape index (κ3) is 4.07. The van der Waals surface area contributed by atoms with Crippen LogP contribution in [0.4, 0.5) is 0 Å². The molecule has 0 aliphatic rings. The molecule has 0 spiro atoms. The minimum absolute atomic E-state index is 0.148. The number of aromatic nitrogens is 2. The van der Waals surface area contributed by atoms with Gasteiger partial charge in [0.2, 0.25) is 0 Å². The summed E-state index contributed by atoms with van der Waals surface area (Å²) in [4.78, 5) is 4.28. The maximum atomic E-state index is 5.77. The van der Waals surface area contributed by atoms with E-state index in [0.29, 0.717) is 19.1 Å². The quantitative estimate of drug-likeness (QED) is 0.514. The van der Waals surface area contributed by atoms with E-state index in [0.717, 1.165) is 17.0 Å². The molecule has 0 radical (unpaired) electrons. The molecule has 0 aromatic carbocycles. The predicted octanol–water partition coefficient (Wildman–Crippen LogP) is 0.466. The molecule has 0 fully saturated rings. The van der Waals surface area contributed by atoms with Crippen molar-refractivity contribution >= 4 is 5.96 Å². The van der Waals surface area contributed by atoms with E-state index in [1.54, 1.807) is 7.11 Å². The average molecular weight is 239 g/mol. The normalized spacial score (nSPS) is 13.8. The smallest absolute Gasteiger partial charge is 0.189 e. The van der Waals surface area contributed by atoms with Crippen LogP contribution >= 0.6 is 0 Å². The van der Waals surface area contributed by atoms with Crippen LogP contribution < -0.4 is 11.1 Å². The first-order chi connectivity index (χ1) is 8.04. The van der Waals surface area contributed by atoms with Crippen LogP contribution in [0.5, 0.6) is 0 Å². The average Bonchev–Trinajstić information content (AvgIpc) is 2.56. The lowest BCUT2D eigenvalue weighted by molar-refractivity contribution is 0.179. The number of methoxy groups -OCH3 is 1. The van der Waals surface area contributed by atoms with Crippen LogP contribution in [0.3, 0.4) is 0 Å². The van der Waals surface area contributed by atoms with Gasteiger partial charge in [0, 0.05) is 24.4 Å². The van der Waals surface area contributed by atoms with Crippen molar-refractivity contribution < 1.29 is 4.74 Å². The van der Waals surface area contributed by atoms with Crippen LogP contribution in [0.1, 0.15) is 23.9 Å². The molecule has 0 bridgehead atoms. The van der Waals surface area contributed by atoms with Gasteiger partial charge in [0.25, 0.3) is 0 Å². The summed E-state index contributed by atoms with van der Waals surface area (Å²) in [5.41, 5.74) is 8.86. The first-order valence-corrected chi connectivity index (χ1v) is 5.60. The molecular formula is C11H21N5O. The van der Waals surface area contributed by atoms with Crippen molar-refractivity contribution in [2.45, 2.75) is 33.4 Å². The highest BCUT2D eigenvalue weighted by Crippen LogP contribution is 2.09. The number of nitrogens with one attached hydrogen (secondary N) is 2. The lowest BCUT2D eigenvalue weighted by Crippen LogP contribution is -2.40. The van der Waals surface area contributed by atoms with Crippen LogP contribution in [0.15, 0.2) is 4.99 Å². The minimum Gasteiger partial charge on any atom is -0.383 e. The minimum atomic E-state index is 0.148. The lowest BCUT2D eigenvalue weighted by Gasteiger charge is -2.12. The van der Waals surface area contributed by atoms with E-state index in [4.69, 9.17) is 10.5 Å². The van der Waals surface area contributed by atoms with Gasteiger partial charge >= 0.3 is 0 Å². The Labute approximate surface area is 102 Å². The molecule has 0 aliphatic carbocycles. The second-order valence-electron chi connectivity index (χ2n) is 4.11. The summed E-state index contributed by atoms with van der Waals surface area (Å²) in [6.07, 6.45) is 0. The molecule has 17 heavy (non-hydrogen) atoms. The molecule has 0 aliphatic heterocycles. The molecule has 6 heteroatoms. The highest BCUT2D eigenvalue weighted by molar-refractivity contribution is 5.78. The lowest BCUT2D eigenvalue weighted by atomic mass is 10.2. The van der Waals surface area contributed by atoms with Gasteiger partial charge in [-0.3, -0.25) is 5.10 Å². The van der Waals surface area contributed by atoms with Gasteiger partial charge in [-0.25, -0.2) is 4.99 Å². The molecule has 1 aromatic rings. The summed E-state index contributed by atoms with van der Waals surface area (Å²) in [5, 5.41) is 10.1. The van der Waals surface area contributed by atoms with Gasteiger partial charge in [-0.15, -0.1) is 0 Å². The molecule has 6 nitrogen and oxygen atoms in total. The van der Waals surface area contributed by atoms with Crippen LogP contribution in [-0.4, -0.2) is 35.9 Å². The van der Waals surface area contributed by atoms with E-state index in [-0.39, 0.29) is 6.04 Å². The summed E-state index contributed by atoms with van der Waals surface area (Å²) in [5.74, 6) is 0.426. The zero-order chi connectivity index (χ0) is 12.8. The first-order valence-electron chi connectivity index (χ1n) is 5.60. The topological polar surface area (TPSA) is 88.3 Å². The Bertz CT molecular complexity index is 366. The third-order valence-corrected chi connectivity index (χ3v) is 2.50. The Hall–Kier alpha value is -1.56. The maximum absolute atomic E-state index is 5.77. The number of nitrogens with zero attached hydrogens (tertiary/aromatic N) is 2.